The molecule has 0 aliphatic carbocycles. The predicted octanol–water partition coefficient (Wildman–Crippen LogP) is 1.19. The summed E-state index contributed by atoms with van der Waals surface area (Å²) < 4.78 is 30.1. The topological polar surface area (TPSA) is 83.9 Å². The second-order valence-electron chi connectivity index (χ2n) is 3.83. The van der Waals surface area contributed by atoms with E-state index >= 15 is 0 Å². The van der Waals surface area contributed by atoms with Crippen LogP contribution in [0.25, 0.3) is 0 Å². The number of anilines is 1. The van der Waals surface area contributed by atoms with E-state index in [-0.39, 0.29) is 17.9 Å². The van der Waals surface area contributed by atoms with Crippen LogP contribution < -0.4 is 4.31 Å². The zero-order valence-corrected chi connectivity index (χ0v) is 11.7. The Hall–Kier alpha value is -1.60. The monoisotopic (exact) mass is 287 g/mol. The fourth-order valence-electron chi connectivity index (χ4n) is 1.42. The third-order valence-corrected chi connectivity index (χ3v) is 4.31. The van der Waals surface area contributed by atoms with Gasteiger partial charge in [-0.3, -0.25) is 4.31 Å². The average Bonchev–Trinajstić information content (AvgIpc) is 2.38. The molecular weight excluding hydrogens is 270 g/mol. The molecule has 0 atom stereocenters. The van der Waals surface area contributed by atoms with Crippen molar-refractivity contribution in [3.63, 3.8) is 0 Å². The molecular formula is C12H17NO5S. The second-order valence-corrected chi connectivity index (χ2v) is 5.95. The van der Waals surface area contributed by atoms with Gasteiger partial charge in [-0.1, -0.05) is 0 Å². The number of carbonyl (C=O) groups is 1. The molecule has 0 saturated heterocycles. The van der Waals surface area contributed by atoms with E-state index in [2.05, 4.69) is 0 Å². The van der Waals surface area contributed by atoms with Crippen LogP contribution in [0.2, 0.25) is 0 Å². The van der Waals surface area contributed by atoms with Crippen LogP contribution in [-0.2, 0) is 14.8 Å². The molecule has 0 unspecified atom stereocenters. The van der Waals surface area contributed by atoms with Crippen LogP contribution in [0.4, 0.5) is 5.69 Å². The van der Waals surface area contributed by atoms with Crippen molar-refractivity contribution in [3.05, 3.63) is 29.8 Å². The second kappa shape index (κ2) is 6.53. The van der Waals surface area contributed by atoms with Crippen molar-refractivity contribution in [2.75, 3.05) is 30.3 Å². The van der Waals surface area contributed by atoms with Gasteiger partial charge in [-0.25, -0.2) is 13.2 Å². The number of aromatic carboxylic acids is 1. The Balaban J connectivity index is 2.81. The van der Waals surface area contributed by atoms with Crippen LogP contribution in [0, 0.1) is 0 Å². The van der Waals surface area contributed by atoms with Gasteiger partial charge >= 0.3 is 5.97 Å². The number of hydrogen-bond donors (Lipinski definition) is 1. The first-order valence-corrected chi connectivity index (χ1v) is 7.37. The molecule has 0 aliphatic rings. The SMILES string of the molecule is CCOCCS(=O)(=O)N(C)c1ccc(C(=O)O)cc1. The highest BCUT2D eigenvalue weighted by Crippen LogP contribution is 2.17. The summed E-state index contributed by atoms with van der Waals surface area (Å²) in [5.74, 6) is -1.16. The van der Waals surface area contributed by atoms with E-state index in [1.165, 1.54) is 31.3 Å². The number of carboxylic acids is 1. The summed E-state index contributed by atoms with van der Waals surface area (Å²) in [6.07, 6.45) is 0. The smallest absolute Gasteiger partial charge is 0.335 e. The van der Waals surface area contributed by atoms with Crippen molar-refractivity contribution in [3.8, 4) is 0 Å². The molecule has 0 bridgehead atoms. The average molecular weight is 287 g/mol. The van der Waals surface area contributed by atoms with Crippen LogP contribution in [0.5, 0.6) is 0 Å². The number of ether oxygens (including phenoxy) is 1. The first kappa shape index (κ1) is 15.5. The molecule has 0 saturated carbocycles. The third-order valence-electron chi connectivity index (χ3n) is 2.58. The van der Waals surface area contributed by atoms with Crippen molar-refractivity contribution in [2.24, 2.45) is 0 Å². The zero-order chi connectivity index (χ0) is 14.5. The van der Waals surface area contributed by atoms with Gasteiger partial charge in [0, 0.05) is 13.7 Å². The summed E-state index contributed by atoms with van der Waals surface area (Å²) in [5.41, 5.74) is 0.533. The summed E-state index contributed by atoms with van der Waals surface area (Å²) in [6, 6.07) is 5.65. The Morgan fingerprint density at radius 2 is 1.89 bits per heavy atom. The minimum atomic E-state index is -3.46. The highest BCUT2D eigenvalue weighted by atomic mass is 32.2. The molecule has 1 aromatic carbocycles. The van der Waals surface area contributed by atoms with Crippen LogP contribution in [0.1, 0.15) is 17.3 Å². The summed E-state index contributed by atoms with van der Waals surface area (Å²) in [5, 5.41) is 8.77. The lowest BCUT2D eigenvalue weighted by Crippen LogP contribution is -2.30. The van der Waals surface area contributed by atoms with Gasteiger partial charge in [0.1, 0.15) is 0 Å². The minimum Gasteiger partial charge on any atom is -0.478 e. The molecule has 0 heterocycles. The standard InChI is InChI=1S/C12H17NO5S/c1-3-18-8-9-19(16,17)13(2)11-6-4-10(5-7-11)12(14)15/h4-7H,3,8-9H2,1-2H3,(H,14,15). The maximum atomic E-state index is 12.0. The van der Waals surface area contributed by atoms with Crippen molar-refractivity contribution < 1.29 is 23.1 Å². The quantitative estimate of drug-likeness (QED) is 0.761. The minimum absolute atomic E-state index is 0.113. The van der Waals surface area contributed by atoms with E-state index in [0.29, 0.717) is 12.3 Å². The molecule has 1 rings (SSSR count). The molecule has 6 nitrogen and oxygen atoms in total. The lowest BCUT2D eigenvalue weighted by atomic mass is 10.2. The largest absolute Gasteiger partial charge is 0.478 e. The van der Waals surface area contributed by atoms with Crippen molar-refractivity contribution in [1.29, 1.82) is 0 Å². The van der Waals surface area contributed by atoms with Gasteiger partial charge < -0.3 is 9.84 Å². The normalized spacial score (nSPS) is 11.3. The third kappa shape index (κ3) is 4.22. The lowest BCUT2D eigenvalue weighted by Gasteiger charge is -2.19. The maximum absolute atomic E-state index is 12.0. The molecule has 0 aliphatic heterocycles. The number of hydrogen-bond acceptors (Lipinski definition) is 4. The number of benzene rings is 1. The Morgan fingerprint density at radius 1 is 1.32 bits per heavy atom. The Kier molecular flexibility index (Phi) is 5.31. The van der Waals surface area contributed by atoms with E-state index in [1.807, 2.05) is 0 Å². The Morgan fingerprint density at radius 3 is 2.37 bits per heavy atom. The molecule has 1 aromatic rings. The molecule has 0 spiro atoms. The van der Waals surface area contributed by atoms with Gasteiger partial charge in [-0.2, -0.15) is 0 Å². The van der Waals surface area contributed by atoms with Gasteiger partial charge in [0.15, 0.2) is 0 Å². The van der Waals surface area contributed by atoms with E-state index in [1.54, 1.807) is 6.92 Å². The number of sulfonamides is 1. The molecule has 0 amide bonds. The number of carboxylic acid groups (broad SMARTS) is 1. The van der Waals surface area contributed by atoms with Gasteiger partial charge in [-0.05, 0) is 31.2 Å². The Bertz CT molecular complexity index is 524. The van der Waals surface area contributed by atoms with E-state index in [9.17, 15) is 13.2 Å². The summed E-state index contributed by atoms with van der Waals surface area (Å²) >= 11 is 0. The van der Waals surface area contributed by atoms with Crippen LogP contribution in [0.3, 0.4) is 0 Å². The van der Waals surface area contributed by atoms with E-state index < -0.39 is 16.0 Å². The first-order valence-electron chi connectivity index (χ1n) is 5.76. The van der Waals surface area contributed by atoms with Crippen LogP contribution >= 0.6 is 0 Å². The van der Waals surface area contributed by atoms with Gasteiger partial charge in [-0.15, -0.1) is 0 Å². The highest BCUT2D eigenvalue weighted by molar-refractivity contribution is 7.92. The zero-order valence-electron chi connectivity index (χ0n) is 10.9. The summed E-state index contributed by atoms with van der Waals surface area (Å²) in [7, 11) is -2.03. The Labute approximate surface area is 112 Å². The van der Waals surface area contributed by atoms with Gasteiger partial charge in [0.2, 0.25) is 10.0 Å². The first-order chi connectivity index (χ1) is 8.88. The predicted molar refractivity (Wildman–Crippen MR) is 72.1 cm³/mol. The number of nitrogens with zero attached hydrogens (tertiary/aromatic N) is 1. The molecule has 1 N–H and O–H groups in total. The van der Waals surface area contributed by atoms with Crippen LogP contribution in [-0.4, -0.2) is 45.5 Å². The molecule has 0 aromatic heterocycles. The van der Waals surface area contributed by atoms with Crippen molar-refractivity contribution in [1.82, 2.24) is 0 Å². The fourth-order valence-corrected chi connectivity index (χ4v) is 2.47. The fraction of sp³-hybridized carbons (Fsp3) is 0.417. The summed E-state index contributed by atoms with van der Waals surface area (Å²) in [6.45, 7) is 2.39. The summed E-state index contributed by atoms with van der Waals surface area (Å²) in [4.78, 5) is 10.7. The van der Waals surface area contributed by atoms with E-state index in [0.717, 1.165) is 4.31 Å². The molecule has 106 valence electrons. The van der Waals surface area contributed by atoms with Crippen molar-refractivity contribution in [2.45, 2.75) is 6.92 Å². The molecule has 0 radical (unpaired) electrons. The molecule has 19 heavy (non-hydrogen) atoms. The van der Waals surface area contributed by atoms with E-state index in [4.69, 9.17) is 9.84 Å². The van der Waals surface area contributed by atoms with Crippen molar-refractivity contribution >= 4 is 21.7 Å². The van der Waals surface area contributed by atoms with Gasteiger partial charge in [0.25, 0.3) is 0 Å². The lowest BCUT2D eigenvalue weighted by molar-refractivity contribution is 0.0697. The molecule has 0 fully saturated rings. The van der Waals surface area contributed by atoms with Gasteiger partial charge in [0.05, 0.1) is 23.6 Å². The van der Waals surface area contributed by atoms with Crippen LogP contribution in [0.15, 0.2) is 24.3 Å². The maximum Gasteiger partial charge on any atom is 0.335 e. The number of rotatable bonds is 7. The molecule has 7 heteroatoms. The highest BCUT2D eigenvalue weighted by Gasteiger charge is 2.18.